The van der Waals surface area contributed by atoms with E-state index in [1.807, 2.05) is 6.07 Å². The third-order valence-corrected chi connectivity index (χ3v) is 6.43. The molecule has 166 valence electrons. The van der Waals surface area contributed by atoms with Gasteiger partial charge in [0.25, 0.3) is 5.56 Å². The van der Waals surface area contributed by atoms with Crippen LogP contribution in [0.4, 0.5) is 0 Å². The van der Waals surface area contributed by atoms with Gasteiger partial charge in [0.15, 0.2) is 11.2 Å². The van der Waals surface area contributed by atoms with Gasteiger partial charge in [0.1, 0.15) is 5.82 Å². The standard InChI is InChI=1S/C24H33N5O2/c1-17-13-18(2)15-28(14-17)16-20-25-22-21(23(30)27(4)24(31)26(22)3)29(20)12-8-11-19-9-6-5-7-10-19/h5-7,9-10,17-18H,8,11-16H2,1-4H3/t17-,18-/m1/s1. The molecule has 0 unspecified atom stereocenters. The number of nitrogens with zero attached hydrogens (tertiary/aromatic N) is 5. The molecule has 3 heterocycles. The Morgan fingerprint density at radius 2 is 1.68 bits per heavy atom. The summed E-state index contributed by atoms with van der Waals surface area (Å²) < 4.78 is 4.74. The van der Waals surface area contributed by atoms with Crippen molar-refractivity contribution in [3.8, 4) is 0 Å². The number of hydrogen-bond acceptors (Lipinski definition) is 4. The van der Waals surface area contributed by atoms with E-state index in [2.05, 4.69) is 47.6 Å². The number of imidazole rings is 1. The molecule has 1 aliphatic heterocycles. The summed E-state index contributed by atoms with van der Waals surface area (Å²) in [5.74, 6) is 2.18. The van der Waals surface area contributed by atoms with Crippen LogP contribution in [0.2, 0.25) is 0 Å². The maximum absolute atomic E-state index is 13.0. The number of hydrogen-bond donors (Lipinski definition) is 0. The van der Waals surface area contributed by atoms with Crippen LogP contribution < -0.4 is 11.2 Å². The summed E-state index contributed by atoms with van der Waals surface area (Å²) in [5, 5.41) is 0. The maximum Gasteiger partial charge on any atom is 0.332 e. The predicted molar refractivity (Wildman–Crippen MR) is 123 cm³/mol. The van der Waals surface area contributed by atoms with E-state index in [9.17, 15) is 9.59 Å². The summed E-state index contributed by atoms with van der Waals surface area (Å²) in [6.45, 7) is 8.07. The molecule has 1 aliphatic rings. The quantitative estimate of drug-likeness (QED) is 0.611. The number of rotatable bonds is 6. The lowest BCUT2D eigenvalue weighted by Gasteiger charge is -2.34. The van der Waals surface area contributed by atoms with Crippen molar-refractivity contribution < 1.29 is 0 Å². The van der Waals surface area contributed by atoms with Crippen molar-refractivity contribution >= 4 is 11.2 Å². The fourth-order valence-electron chi connectivity index (χ4n) is 5.06. The molecule has 0 N–H and O–H groups in total. The van der Waals surface area contributed by atoms with Crippen LogP contribution in [0.3, 0.4) is 0 Å². The second-order valence-corrected chi connectivity index (χ2v) is 9.29. The number of fused-ring (bicyclic) bond motifs is 1. The zero-order chi connectivity index (χ0) is 22.1. The molecule has 7 nitrogen and oxygen atoms in total. The second-order valence-electron chi connectivity index (χ2n) is 9.29. The van der Waals surface area contributed by atoms with Crippen molar-refractivity contribution in [1.82, 2.24) is 23.6 Å². The molecular weight excluding hydrogens is 390 g/mol. The Kier molecular flexibility index (Phi) is 6.14. The molecule has 7 heteroatoms. The van der Waals surface area contributed by atoms with Gasteiger partial charge in [0.2, 0.25) is 0 Å². The molecular formula is C24H33N5O2. The first-order chi connectivity index (χ1) is 14.8. The first kappa shape index (κ1) is 21.6. The molecule has 2 aromatic heterocycles. The van der Waals surface area contributed by atoms with E-state index in [4.69, 9.17) is 4.98 Å². The van der Waals surface area contributed by atoms with Crippen LogP contribution in [-0.4, -0.2) is 36.7 Å². The van der Waals surface area contributed by atoms with Crippen molar-refractivity contribution in [2.75, 3.05) is 13.1 Å². The van der Waals surface area contributed by atoms with Gasteiger partial charge < -0.3 is 4.57 Å². The van der Waals surface area contributed by atoms with Crippen LogP contribution in [0.25, 0.3) is 11.2 Å². The summed E-state index contributed by atoms with van der Waals surface area (Å²) in [6, 6.07) is 10.4. The molecule has 1 saturated heterocycles. The summed E-state index contributed by atoms with van der Waals surface area (Å²) in [6.07, 6.45) is 3.09. The second kappa shape index (κ2) is 8.83. The van der Waals surface area contributed by atoms with E-state index in [1.54, 1.807) is 14.1 Å². The molecule has 31 heavy (non-hydrogen) atoms. The average Bonchev–Trinajstić information content (AvgIpc) is 3.09. The van der Waals surface area contributed by atoms with Crippen LogP contribution in [0.1, 0.15) is 38.1 Å². The lowest BCUT2D eigenvalue weighted by molar-refractivity contribution is 0.130. The minimum atomic E-state index is -0.335. The fourth-order valence-corrected chi connectivity index (χ4v) is 5.06. The molecule has 0 radical (unpaired) electrons. The van der Waals surface area contributed by atoms with Crippen LogP contribution in [0.5, 0.6) is 0 Å². The normalized spacial score (nSPS) is 19.9. The van der Waals surface area contributed by atoms with Crippen molar-refractivity contribution in [2.24, 2.45) is 25.9 Å². The van der Waals surface area contributed by atoms with Gasteiger partial charge in [-0.25, -0.2) is 9.78 Å². The van der Waals surface area contributed by atoms with E-state index in [0.29, 0.717) is 36.1 Å². The summed E-state index contributed by atoms with van der Waals surface area (Å²) in [7, 11) is 3.24. The summed E-state index contributed by atoms with van der Waals surface area (Å²) in [5.41, 5.74) is 1.70. The van der Waals surface area contributed by atoms with Gasteiger partial charge in [-0.2, -0.15) is 0 Å². The Balaban J connectivity index is 1.70. The van der Waals surface area contributed by atoms with Gasteiger partial charge in [-0.1, -0.05) is 44.2 Å². The molecule has 0 spiro atoms. The van der Waals surface area contributed by atoms with E-state index >= 15 is 0 Å². The van der Waals surface area contributed by atoms with Gasteiger partial charge in [0, 0.05) is 33.7 Å². The predicted octanol–water partition coefficient (Wildman–Crippen LogP) is 2.54. The van der Waals surface area contributed by atoms with Gasteiger partial charge in [-0.05, 0) is 36.7 Å². The SMILES string of the molecule is C[C@@H]1C[C@@H](C)CN(Cc2nc3c(c(=O)n(C)c(=O)n3C)n2CCCc2ccccc2)C1. The highest BCUT2D eigenvalue weighted by Gasteiger charge is 2.25. The largest absolute Gasteiger partial charge is 0.332 e. The number of piperidine rings is 1. The maximum atomic E-state index is 13.0. The average molecular weight is 424 g/mol. The highest BCUT2D eigenvalue weighted by Crippen LogP contribution is 2.23. The van der Waals surface area contributed by atoms with Crippen LogP contribution in [-0.2, 0) is 33.6 Å². The van der Waals surface area contributed by atoms with E-state index in [0.717, 1.165) is 31.8 Å². The van der Waals surface area contributed by atoms with Crippen LogP contribution >= 0.6 is 0 Å². The Bertz CT molecular complexity index is 1160. The molecule has 3 aromatic rings. The van der Waals surface area contributed by atoms with Crippen LogP contribution in [0, 0.1) is 11.8 Å². The Morgan fingerprint density at radius 3 is 2.35 bits per heavy atom. The summed E-state index contributed by atoms with van der Waals surface area (Å²) in [4.78, 5) is 32.8. The first-order valence-corrected chi connectivity index (χ1v) is 11.3. The molecule has 2 atom stereocenters. The molecule has 0 saturated carbocycles. The third-order valence-electron chi connectivity index (χ3n) is 6.43. The van der Waals surface area contributed by atoms with Gasteiger partial charge in [-0.15, -0.1) is 0 Å². The summed E-state index contributed by atoms with van der Waals surface area (Å²) >= 11 is 0. The molecule has 1 fully saturated rings. The Hall–Kier alpha value is -2.67. The van der Waals surface area contributed by atoms with Crippen molar-refractivity contribution in [1.29, 1.82) is 0 Å². The lowest BCUT2D eigenvalue weighted by Crippen LogP contribution is -2.39. The highest BCUT2D eigenvalue weighted by atomic mass is 16.2. The number of aromatic nitrogens is 4. The van der Waals surface area contributed by atoms with Gasteiger partial charge in [-0.3, -0.25) is 18.8 Å². The van der Waals surface area contributed by atoms with E-state index in [-0.39, 0.29) is 11.2 Å². The molecule has 1 aromatic carbocycles. The topological polar surface area (TPSA) is 65.1 Å². The fraction of sp³-hybridized carbons (Fsp3) is 0.542. The van der Waals surface area contributed by atoms with Gasteiger partial charge >= 0.3 is 5.69 Å². The first-order valence-electron chi connectivity index (χ1n) is 11.3. The number of likely N-dealkylation sites (tertiary alicyclic amines) is 1. The minimum absolute atomic E-state index is 0.267. The molecule has 0 bridgehead atoms. The molecule has 4 rings (SSSR count). The van der Waals surface area contributed by atoms with Crippen molar-refractivity contribution in [3.05, 3.63) is 62.6 Å². The lowest BCUT2D eigenvalue weighted by atomic mass is 9.92. The highest BCUT2D eigenvalue weighted by molar-refractivity contribution is 5.71. The van der Waals surface area contributed by atoms with Crippen molar-refractivity contribution in [3.63, 3.8) is 0 Å². The Morgan fingerprint density at radius 1 is 1.00 bits per heavy atom. The monoisotopic (exact) mass is 423 g/mol. The van der Waals surface area contributed by atoms with Crippen LogP contribution in [0.15, 0.2) is 39.9 Å². The molecule has 0 amide bonds. The zero-order valence-electron chi connectivity index (χ0n) is 19.0. The molecule has 0 aliphatic carbocycles. The van der Waals surface area contributed by atoms with E-state index < -0.39 is 0 Å². The number of benzene rings is 1. The Labute approximate surface area is 182 Å². The van der Waals surface area contributed by atoms with Gasteiger partial charge in [0.05, 0.1) is 6.54 Å². The van der Waals surface area contributed by atoms with E-state index in [1.165, 1.54) is 21.1 Å². The zero-order valence-corrected chi connectivity index (χ0v) is 19.0. The third kappa shape index (κ3) is 4.37. The minimum Gasteiger partial charge on any atom is -0.321 e. The number of aryl methyl sites for hydroxylation is 3. The van der Waals surface area contributed by atoms with Crippen molar-refractivity contribution in [2.45, 2.75) is 46.2 Å². The smallest absolute Gasteiger partial charge is 0.321 e.